The fourth-order valence-corrected chi connectivity index (χ4v) is 1.71. The Bertz CT molecular complexity index is 714. The zero-order valence-electron chi connectivity index (χ0n) is 7.45. The molecule has 0 saturated carbocycles. The Morgan fingerprint density at radius 3 is 3.00 bits per heavy atom. The van der Waals surface area contributed by atoms with Gasteiger partial charge in [0, 0.05) is 22.5 Å². The molecule has 0 atom stereocenters. The molecule has 0 radical (unpaired) electrons. The van der Waals surface area contributed by atoms with Crippen LogP contribution in [0.5, 0.6) is 0 Å². The second-order valence-electron chi connectivity index (χ2n) is 3.19. The Morgan fingerprint density at radius 2 is 2.13 bits per heavy atom. The van der Waals surface area contributed by atoms with Gasteiger partial charge in [-0.15, -0.1) is 0 Å². The van der Waals surface area contributed by atoms with Crippen LogP contribution in [0.25, 0.3) is 22.1 Å². The van der Waals surface area contributed by atoms with Crippen LogP contribution in [0.15, 0.2) is 33.5 Å². The predicted octanol–water partition coefficient (Wildman–Crippen LogP) is 2.32. The Hall–Kier alpha value is -1.81. The average Bonchev–Trinajstić information content (AvgIpc) is 2.53. The standard InChI is InChI=1S/C10H5ClN2O2/c11-5-1-2-6-7(3-5)15-8-4-9(14)12-13-10(6)8/h1-4H,(H,12,14). The van der Waals surface area contributed by atoms with Gasteiger partial charge >= 0.3 is 0 Å². The molecule has 3 rings (SSSR count). The van der Waals surface area contributed by atoms with Crippen LogP contribution in [0.4, 0.5) is 0 Å². The highest BCUT2D eigenvalue weighted by Crippen LogP contribution is 2.27. The van der Waals surface area contributed by atoms with Gasteiger partial charge in [-0.25, -0.2) is 5.10 Å². The predicted molar refractivity (Wildman–Crippen MR) is 57.1 cm³/mol. The lowest BCUT2D eigenvalue weighted by Crippen LogP contribution is -2.04. The minimum absolute atomic E-state index is 0.285. The van der Waals surface area contributed by atoms with Gasteiger partial charge in [-0.2, -0.15) is 5.10 Å². The summed E-state index contributed by atoms with van der Waals surface area (Å²) in [5.41, 5.74) is 1.45. The van der Waals surface area contributed by atoms with Gasteiger partial charge in [-0.1, -0.05) is 11.6 Å². The molecule has 0 bridgehead atoms. The van der Waals surface area contributed by atoms with Crippen LogP contribution in [0, 0.1) is 0 Å². The molecule has 0 amide bonds. The summed E-state index contributed by atoms with van der Waals surface area (Å²) in [5.74, 6) is 0. The number of rotatable bonds is 0. The van der Waals surface area contributed by atoms with Crippen molar-refractivity contribution in [3.8, 4) is 0 Å². The molecule has 0 aliphatic heterocycles. The maximum atomic E-state index is 11.0. The van der Waals surface area contributed by atoms with Crippen molar-refractivity contribution in [2.75, 3.05) is 0 Å². The van der Waals surface area contributed by atoms with Crippen molar-refractivity contribution in [1.29, 1.82) is 0 Å². The molecule has 5 heteroatoms. The first-order chi connectivity index (χ1) is 7.24. The van der Waals surface area contributed by atoms with Crippen LogP contribution in [0.3, 0.4) is 0 Å². The number of halogens is 1. The number of nitrogens with one attached hydrogen (secondary N) is 1. The van der Waals surface area contributed by atoms with E-state index >= 15 is 0 Å². The van der Waals surface area contributed by atoms with Crippen LogP contribution in [0.1, 0.15) is 0 Å². The van der Waals surface area contributed by atoms with Crippen molar-refractivity contribution >= 4 is 33.7 Å². The van der Waals surface area contributed by atoms with Crippen LogP contribution < -0.4 is 5.56 Å². The summed E-state index contributed by atoms with van der Waals surface area (Å²) in [5, 5.41) is 7.72. The molecule has 74 valence electrons. The number of hydrogen-bond acceptors (Lipinski definition) is 3. The minimum atomic E-state index is -0.285. The molecule has 2 aromatic heterocycles. The lowest BCUT2D eigenvalue weighted by atomic mass is 10.2. The summed E-state index contributed by atoms with van der Waals surface area (Å²) >= 11 is 5.83. The Kier molecular flexibility index (Phi) is 1.61. The van der Waals surface area contributed by atoms with Crippen molar-refractivity contribution in [3.63, 3.8) is 0 Å². The quantitative estimate of drug-likeness (QED) is 0.633. The zero-order valence-corrected chi connectivity index (χ0v) is 8.21. The lowest BCUT2D eigenvalue weighted by Gasteiger charge is -1.88. The molecule has 0 fully saturated rings. The molecule has 2 heterocycles. The van der Waals surface area contributed by atoms with E-state index in [4.69, 9.17) is 16.0 Å². The molecule has 0 saturated heterocycles. The number of H-pyrrole nitrogens is 1. The monoisotopic (exact) mass is 220 g/mol. The molecule has 15 heavy (non-hydrogen) atoms. The summed E-state index contributed by atoms with van der Waals surface area (Å²) in [6, 6.07) is 6.64. The number of benzene rings is 1. The van der Waals surface area contributed by atoms with Crippen LogP contribution in [0.2, 0.25) is 5.02 Å². The van der Waals surface area contributed by atoms with E-state index in [9.17, 15) is 4.79 Å². The van der Waals surface area contributed by atoms with Gasteiger partial charge in [0.2, 0.25) is 0 Å². The molecule has 1 aromatic carbocycles. The smallest absolute Gasteiger partial charge is 0.267 e. The third kappa shape index (κ3) is 1.22. The number of nitrogens with zero attached hydrogens (tertiary/aromatic N) is 1. The maximum Gasteiger partial charge on any atom is 0.267 e. The van der Waals surface area contributed by atoms with Crippen LogP contribution >= 0.6 is 11.6 Å². The molecule has 4 nitrogen and oxygen atoms in total. The normalized spacial score (nSPS) is 11.3. The Balaban J connectivity index is 2.57. The lowest BCUT2D eigenvalue weighted by molar-refractivity contribution is 0.666. The molecule has 0 aliphatic carbocycles. The van der Waals surface area contributed by atoms with Gasteiger partial charge in [0.05, 0.1) is 0 Å². The van der Waals surface area contributed by atoms with E-state index in [1.807, 2.05) is 6.07 Å². The van der Waals surface area contributed by atoms with Crippen LogP contribution in [-0.2, 0) is 0 Å². The molecule has 0 spiro atoms. The molecule has 1 N–H and O–H groups in total. The molecule has 3 aromatic rings. The molecular formula is C10H5ClN2O2. The first-order valence-electron chi connectivity index (χ1n) is 4.31. The second kappa shape index (κ2) is 2.84. The van der Waals surface area contributed by atoms with Crippen LogP contribution in [-0.4, -0.2) is 10.2 Å². The summed E-state index contributed by atoms with van der Waals surface area (Å²) < 4.78 is 5.45. The maximum absolute atomic E-state index is 11.0. The number of furan rings is 1. The highest BCUT2D eigenvalue weighted by atomic mass is 35.5. The number of aromatic nitrogens is 2. The van der Waals surface area contributed by atoms with Gasteiger partial charge < -0.3 is 4.42 Å². The van der Waals surface area contributed by atoms with Gasteiger partial charge in [0.15, 0.2) is 5.58 Å². The van der Waals surface area contributed by atoms with Crippen molar-refractivity contribution < 1.29 is 4.42 Å². The van der Waals surface area contributed by atoms with E-state index < -0.39 is 0 Å². The van der Waals surface area contributed by atoms with E-state index in [0.29, 0.717) is 21.7 Å². The first kappa shape index (κ1) is 8.49. The van der Waals surface area contributed by atoms with E-state index in [1.165, 1.54) is 6.07 Å². The minimum Gasteiger partial charge on any atom is -0.454 e. The third-order valence-corrected chi connectivity index (χ3v) is 2.43. The fourth-order valence-electron chi connectivity index (χ4n) is 1.55. The number of aromatic amines is 1. The van der Waals surface area contributed by atoms with E-state index in [0.717, 1.165) is 5.39 Å². The molecular weight excluding hydrogens is 216 g/mol. The average molecular weight is 221 g/mol. The largest absolute Gasteiger partial charge is 0.454 e. The highest BCUT2D eigenvalue weighted by molar-refractivity contribution is 6.31. The van der Waals surface area contributed by atoms with E-state index in [-0.39, 0.29) is 5.56 Å². The van der Waals surface area contributed by atoms with Crippen molar-refractivity contribution in [2.24, 2.45) is 0 Å². The summed E-state index contributed by atoms with van der Waals surface area (Å²) in [7, 11) is 0. The van der Waals surface area contributed by atoms with Gasteiger partial charge in [-0.3, -0.25) is 4.79 Å². The van der Waals surface area contributed by atoms with Gasteiger partial charge in [0.1, 0.15) is 11.1 Å². The topological polar surface area (TPSA) is 58.9 Å². The van der Waals surface area contributed by atoms with E-state index in [2.05, 4.69) is 10.2 Å². The van der Waals surface area contributed by atoms with Crippen molar-refractivity contribution in [2.45, 2.75) is 0 Å². The van der Waals surface area contributed by atoms with Gasteiger partial charge in [-0.05, 0) is 12.1 Å². The Labute approximate surface area is 88.5 Å². The molecule has 0 unspecified atom stereocenters. The summed E-state index contributed by atoms with van der Waals surface area (Å²) in [6.07, 6.45) is 0. The second-order valence-corrected chi connectivity index (χ2v) is 3.62. The summed E-state index contributed by atoms with van der Waals surface area (Å²) in [4.78, 5) is 11.0. The number of hydrogen-bond donors (Lipinski definition) is 1. The van der Waals surface area contributed by atoms with E-state index in [1.54, 1.807) is 12.1 Å². The van der Waals surface area contributed by atoms with Gasteiger partial charge in [0.25, 0.3) is 5.56 Å². The van der Waals surface area contributed by atoms with Crippen molar-refractivity contribution in [1.82, 2.24) is 10.2 Å². The zero-order chi connectivity index (χ0) is 10.4. The van der Waals surface area contributed by atoms with Crippen molar-refractivity contribution in [3.05, 3.63) is 39.6 Å². The number of fused-ring (bicyclic) bond motifs is 3. The molecule has 0 aliphatic rings. The highest BCUT2D eigenvalue weighted by Gasteiger charge is 2.08. The fraction of sp³-hybridized carbons (Fsp3) is 0. The Morgan fingerprint density at radius 1 is 1.27 bits per heavy atom. The summed E-state index contributed by atoms with van der Waals surface area (Å²) in [6.45, 7) is 0. The first-order valence-corrected chi connectivity index (χ1v) is 4.69. The SMILES string of the molecule is O=c1cc2oc3cc(Cl)ccc3c2n[nH]1. The third-order valence-electron chi connectivity index (χ3n) is 2.19.